The van der Waals surface area contributed by atoms with Crippen molar-refractivity contribution in [3.05, 3.63) is 57.3 Å². The van der Waals surface area contributed by atoms with Crippen LogP contribution in [0, 0.1) is 28.4 Å². The zero-order valence-electron chi connectivity index (χ0n) is 17.9. The Balaban J connectivity index is 1.42. The number of fused-ring (bicyclic) bond motifs is 1. The molecule has 1 aliphatic carbocycles. The van der Waals surface area contributed by atoms with Gasteiger partial charge in [0.2, 0.25) is 5.17 Å². The van der Waals surface area contributed by atoms with Gasteiger partial charge in [0.05, 0.1) is 10.5 Å². The second-order valence-corrected chi connectivity index (χ2v) is 9.24. The predicted molar refractivity (Wildman–Crippen MR) is 127 cm³/mol. The standard InChI is InChI=1S/C23H21N5O4S/c1-13-7-8-15(28(30)31)11-17(13)19-10-9-16(32-19)12-18-20(24)27-23(25-21(18)29)33-22(26-27)14-5-3-2-4-6-14/h7-12,14,24H,2-6H2,1H3/b18-12-,24-20?. The Hall–Kier alpha value is -3.53. The van der Waals surface area contributed by atoms with Crippen LogP contribution in [-0.2, 0) is 4.79 Å². The Morgan fingerprint density at radius 2 is 2.03 bits per heavy atom. The number of nitrogens with zero attached hydrogens (tertiary/aromatic N) is 4. The van der Waals surface area contributed by atoms with Gasteiger partial charge < -0.3 is 4.42 Å². The first-order valence-electron chi connectivity index (χ1n) is 10.8. The number of furan rings is 1. The van der Waals surface area contributed by atoms with E-state index in [4.69, 9.17) is 9.83 Å². The summed E-state index contributed by atoms with van der Waals surface area (Å²) in [5.74, 6) is 0.608. The summed E-state index contributed by atoms with van der Waals surface area (Å²) < 4.78 is 5.86. The van der Waals surface area contributed by atoms with Crippen molar-refractivity contribution < 1.29 is 14.1 Å². The minimum atomic E-state index is -0.511. The number of amidine groups is 2. The molecule has 0 unspecified atom stereocenters. The van der Waals surface area contributed by atoms with Crippen molar-refractivity contribution in [2.24, 2.45) is 16.0 Å². The molecule has 1 aromatic heterocycles. The fourth-order valence-corrected chi connectivity index (χ4v) is 5.29. The number of thioether (sulfide) groups is 1. The van der Waals surface area contributed by atoms with Crippen LogP contribution in [0.15, 0.2) is 50.4 Å². The van der Waals surface area contributed by atoms with Crippen LogP contribution < -0.4 is 0 Å². The molecule has 2 aliphatic heterocycles. The van der Waals surface area contributed by atoms with E-state index in [1.54, 1.807) is 18.2 Å². The molecule has 3 aliphatic rings. The number of amides is 1. The SMILES string of the molecule is Cc1ccc([N+](=O)[O-])cc1-c1ccc(/C=C2/C(=N)N3N=C(C4CCCCC4)SC3=NC2=O)o1. The lowest BCUT2D eigenvalue weighted by Crippen LogP contribution is -2.35. The Bertz CT molecular complexity index is 1270. The lowest BCUT2D eigenvalue weighted by atomic mass is 9.90. The molecule has 1 aromatic carbocycles. The molecule has 0 spiro atoms. The van der Waals surface area contributed by atoms with E-state index in [0.29, 0.717) is 28.2 Å². The average molecular weight is 464 g/mol. The molecule has 168 valence electrons. The fraction of sp³-hybridized carbons (Fsp3) is 0.304. The van der Waals surface area contributed by atoms with Gasteiger partial charge in [0, 0.05) is 23.6 Å². The molecule has 9 nitrogen and oxygen atoms in total. The number of hydrazone groups is 1. The predicted octanol–water partition coefficient (Wildman–Crippen LogP) is 5.36. The highest BCUT2D eigenvalue weighted by Gasteiger charge is 2.38. The first-order chi connectivity index (χ1) is 15.9. The quantitative estimate of drug-likeness (QED) is 0.369. The molecule has 0 bridgehead atoms. The fourth-order valence-electron chi connectivity index (χ4n) is 4.23. The molecule has 1 N–H and O–H groups in total. The van der Waals surface area contributed by atoms with Crippen molar-refractivity contribution in [1.82, 2.24) is 5.01 Å². The van der Waals surface area contributed by atoms with Crippen molar-refractivity contribution in [3.8, 4) is 11.3 Å². The maximum atomic E-state index is 12.7. The summed E-state index contributed by atoms with van der Waals surface area (Å²) in [7, 11) is 0. The van der Waals surface area contributed by atoms with Crippen molar-refractivity contribution in [2.75, 3.05) is 0 Å². The molecule has 1 amide bonds. The van der Waals surface area contributed by atoms with Crippen molar-refractivity contribution in [3.63, 3.8) is 0 Å². The molecule has 10 heteroatoms. The lowest BCUT2D eigenvalue weighted by Gasteiger charge is -2.20. The monoisotopic (exact) mass is 463 g/mol. The number of hydrogen-bond donors (Lipinski definition) is 1. The Labute approximate surface area is 193 Å². The van der Waals surface area contributed by atoms with Crippen molar-refractivity contribution in [2.45, 2.75) is 39.0 Å². The summed E-state index contributed by atoms with van der Waals surface area (Å²) in [6.07, 6.45) is 7.19. The Kier molecular flexibility index (Phi) is 5.45. The molecular weight excluding hydrogens is 442 g/mol. The molecule has 0 saturated heterocycles. The number of nitro benzene ring substituents is 1. The normalized spacial score (nSPS) is 20.2. The number of nitrogens with one attached hydrogen (secondary N) is 1. The number of rotatable bonds is 4. The lowest BCUT2D eigenvalue weighted by molar-refractivity contribution is -0.384. The molecule has 3 heterocycles. The van der Waals surface area contributed by atoms with Gasteiger partial charge in [-0.2, -0.15) is 15.1 Å². The van der Waals surface area contributed by atoms with Gasteiger partial charge >= 0.3 is 0 Å². The number of carbonyl (C=O) groups is 1. The van der Waals surface area contributed by atoms with E-state index in [9.17, 15) is 14.9 Å². The van der Waals surface area contributed by atoms with E-state index >= 15 is 0 Å². The van der Waals surface area contributed by atoms with E-state index in [1.165, 1.54) is 54.2 Å². The second-order valence-electron chi connectivity index (χ2n) is 8.25. The van der Waals surface area contributed by atoms with Crippen LogP contribution in [-0.4, -0.2) is 31.9 Å². The third kappa shape index (κ3) is 4.02. The minimum Gasteiger partial charge on any atom is -0.457 e. The summed E-state index contributed by atoms with van der Waals surface area (Å²) in [4.78, 5) is 27.5. The number of hydrogen-bond acceptors (Lipinski definition) is 7. The summed E-state index contributed by atoms with van der Waals surface area (Å²) >= 11 is 1.38. The highest BCUT2D eigenvalue weighted by Crippen LogP contribution is 2.36. The van der Waals surface area contributed by atoms with E-state index in [2.05, 4.69) is 10.1 Å². The Morgan fingerprint density at radius 3 is 2.79 bits per heavy atom. The first kappa shape index (κ1) is 21.3. The maximum Gasteiger partial charge on any atom is 0.283 e. The molecule has 33 heavy (non-hydrogen) atoms. The number of carbonyl (C=O) groups excluding carboxylic acids is 1. The van der Waals surface area contributed by atoms with Gasteiger partial charge in [-0.3, -0.25) is 20.3 Å². The first-order valence-corrected chi connectivity index (χ1v) is 11.6. The van der Waals surface area contributed by atoms with Crippen LogP contribution in [0.2, 0.25) is 0 Å². The van der Waals surface area contributed by atoms with Crippen LogP contribution in [0.5, 0.6) is 0 Å². The number of nitro groups is 1. The van der Waals surface area contributed by atoms with Crippen molar-refractivity contribution >= 4 is 45.5 Å². The Morgan fingerprint density at radius 1 is 1.24 bits per heavy atom. The van der Waals surface area contributed by atoms with Gasteiger partial charge in [-0.15, -0.1) is 0 Å². The van der Waals surface area contributed by atoms with Crippen LogP contribution in [0.3, 0.4) is 0 Å². The van der Waals surface area contributed by atoms with Gasteiger partial charge in [-0.05, 0) is 55.3 Å². The van der Waals surface area contributed by atoms with Crippen LogP contribution in [0.4, 0.5) is 5.69 Å². The van der Waals surface area contributed by atoms with Crippen LogP contribution in [0.25, 0.3) is 17.4 Å². The largest absolute Gasteiger partial charge is 0.457 e. The maximum absolute atomic E-state index is 12.7. The zero-order valence-corrected chi connectivity index (χ0v) is 18.7. The molecule has 5 rings (SSSR count). The smallest absolute Gasteiger partial charge is 0.283 e. The number of aliphatic imine (C=N–C) groups is 1. The molecular formula is C23H21N5O4S. The molecule has 2 aromatic rings. The van der Waals surface area contributed by atoms with E-state index < -0.39 is 10.8 Å². The van der Waals surface area contributed by atoms with Gasteiger partial charge in [0.25, 0.3) is 11.6 Å². The van der Waals surface area contributed by atoms with E-state index in [-0.39, 0.29) is 17.1 Å². The molecule has 0 atom stereocenters. The molecule has 1 fully saturated rings. The number of non-ortho nitro benzene ring substituents is 1. The topological polar surface area (TPSA) is 125 Å². The molecule has 0 radical (unpaired) electrons. The van der Waals surface area contributed by atoms with Gasteiger partial charge in [0.15, 0.2) is 5.84 Å². The van der Waals surface area contributed by atoms with Crippen LogP contribution in [0.1, 0.15) is 43.4 Å². The third-order valence-electron chi connectivity index (χ3n) is 6.04. The van der Waals surface area contributed by atoms with Gasteiger partial charge in [-0.1, -0.05) is 25.3 Å². The van der Waals surface area contributed by atoms with Crippen LogP contribution >= 0.6 is 11.8 Å². The summed E-state index contributed by atoms with van der Waals surface area (Å²) in [5, 5.41) is 27.1. The summed E-state index contributed by atoms with van der Waals surface area (Å²) in [5.41, 5.74) is 1.47. The van der Waals surface area contributed by atoms with Gasteiger partial charge in [-0.25, -0.2) is 0 Å². The van der Waals surface area contributed by atoms with Gasteiger partial charge in [0.1, 0.15) is 16.6 Å². The third-order valence-corrected chi connectivity index (χ3v) is 7.11. The number of aryl methyl sites for hydroxylation is 1. The van der Waals surface area contributed by atoms with E-state index in [0.717, 1.165) is 23.4 Å². The highest BCUT2D eigenvalue weighted by molar-refractivity contribution is 8.27. The van der Waals surface area contributed by atoms with Crippen molar-refractivity contribution in [1.29, 1.82) is 5.41 Å². The summed E-state index contributed by atoms with van der Waals surface area (Å²) in [6, 6.07) is 7.92. The number of benzene rings is 1. The summed E-state index contributed by atoms with van der Waals surface area (Å²) in [6.45, 7) is 1.84. The zero-order chi connectivity index (χ0) is 23.1. The minimum absolute atomic E-state index is 0.0313. The van der Waals surface area contributed by atoms with E-state index in [1.807, 2.05) is 6.92 Å². The average Bonchev–Trinajstić information content (AvgIpc) is 3.45. The molecule has 1 saturated carbocycles. The highest BCUT2D eigenvalue weighted by atomic mass is 32.2. The second kappa shape index (κ2) is 8.43.